The molecular formula is C11H18. The van der Waals surface area contributed by atoms with Crippen molar-refractivity contribution in [2.24, 2.45) is 0 Å². The zero-order chi connectivity index (χ0) is 8.69. The van der Waals surface area contributed by atoms with Gasteiger partial charge in [0.05, 0.1) is 0 Å². The van der Waals surface area contributed by atoms with E-state index < -0.39 is 0 Å². The molecule has 0 aromatic rings. The van der Waals surface area contributed by atoms with Crippen molar-refractivity contribution in [1.29, 1.82) is 0 Å². The summed E-state index contributed by atoms with van der Waals surface area (Å²) in [5, 5.41) is 0. The Bertz CT molecular complexity index is 176. The molecule has 11 heavy (non-hydrogen) atoms. The van der Waals surface area contributed by atoms with Gasteiger partial charge in [-0.15, -0.1) is 0 Å². The maximum absolute atomic E-state index is 2.23. The van der Waals surface area contributed by atoms with Crippen LogP contribution in [0.15, 0.2) is 35.5 Å². The second kappa shape index (κ2) is 5.96. The Morgan fingerprint density at radius 1 is 1.09 bits per heavy atom. The fourth-order valence-corrected chi connectivity index (χ4v) is 0.811. The zero-order valence-corrected chi connectivity index (χ0v) is 8.02. The van der Waals surface area contributed by atoms with Crippen molar-refractivity contribution < 1.29 is 0 Å². The molecule has 0 saturated heterocycles. The molecule has 0 N–H and O–H groups in total. The van der Waals surface area contributed by atoms with E-state index >= 15 is 0 Å². The molecule has 0 aliphatic carbocycles. The minimum atomic E-state index is 1.05. The van der Waals surface area contributed by atoms with Crippen LogP contribution in [0.3, 0.4) is 0 Å². The summed E-state index contributed by atoms with van der Waals surface area (Å²) in [6, 6.07) is 0. The SMILES string of the molecule is C/C=C/C(C)=C\CC=C(C)C. The Balaban J connectivity index is 3.83. The predicted molar refractivity (Wildman–Crippen MR) is 52.6 cm³/mol. The average Bonchev–Trinajstić information content (AvgIpc) is 1.87. The highest BCUT2D eigenvalue weighted by Crippen LogP contribution is 2.00. The van der Waals surface area contributed by atoms with Gasteiger partial charge in [-0.1, -0.05) is 35.5 Å². The molecule has 0 aliphatic rings. The zero-order valence-electron chi connectivity index (χ0n) is 8.02. The molecule has 0 aromatic carbocycles. The van der Waals surface area contributed by atoms with Crippen LogP contribution in [0.1, 0.15) is 34.1 Å². The standard InChI is InChI=1S/C11H18/c1-5-7-11(4)9-6-8-10(2)3/h5,7-9H,6H2,1-4H3/b7-5+,11-9-. The quantitative estimate of drug-likeness (QED) is 0.423. The maximum atomic E-state index is 2.23. The first-order valence-electron chi connectivity index (χ1n) is 4.09. The molecule has 0 bridgehead atoms. The lowest BCUT2D eigenvalue weighted by molar-refractivity contribution is 1.26. The Kier molecular flexibility index (Phi) is 5.54. The van der Waals surface area contributed by atoms with Crippen molar-refractivity contribution in [2.45, 2.75) is 34.1 Å². The third-order valence-electron chi connectivity index (χ3n) is 1.40. The molecular weight excluding hydrogens is 132 g/mol. The summed E-state index contributed by atoms with van der Waals surface area (Å²) < 4.78 is 0. The highest BCUT2D eigenvalue weighted by Gasteiger charge is 1.79. The van der Waals surface area contributed by atoms with Crippen molar-refractivity contribution in [3.8, 4) is 0 Å². The second-order valence-electron chi connectivity index (χ2n) is 2.97. The molecule has 0 heteroatoms. The molecule has 0 amide bonds. The molecule has 0 aliphatic heterocycles. The monoisotopic (exact) mass is 150 g/mol. The fraction of sp³-hybridized carbons (Fsp3) is 0.455. The average molecular weight is 150 g/mol. The van der Waals surface area contributed by atoms with E-state index in [9.17, 15) is 0 Å². The third-order valence-corrected chi connectivity index (χ3v) is 1.40. The molecule has 0 aromatic heterocycles. The summed E-state index contributed by atoms with van der Waals surface area (Å²) in [7, 11) is 0. The minimum Gasteiger partial charge on any atom is -0.0874 e. The van der Waals surface area contributed by atoms with Gasteiger partial charge in [0.2, 0.25) is 0 Å². The molecule has 0 atom stereocenters. The van der Waals surface area contributed by atoms with Crippen LogP contribution in [0.5, 0.6) is 0 Å². The molecule has 0 radical (unpaired) electrons. The smallest absolute Gasteiger partial charge is 0.0161 e. The van der Waals surface area contributed by atoms with Crippen LogP contribution in [0.4, 0.5) is 0 Å². The van der Waals surface area contributed by atoms with Crippen LogP contribution in [0.2, 0.25) is 0 Å². The largest absolute Gasteiger partial charge is 0.0874 e. The van der Waals surface area contributed by atoms with Gasteiger partial charge < -0.3 is 0 Å². The van der Waals surface area contributed by atoms with E-state index in [1.54, 1.807) is 0 Å². The van der Waals surface area contributed by atoms with E-state index in [1.165, 1.54) is 11.1 Å². The summed E-state index contributed by atoms with van der Waals surface area (Å²) >= 11 is 0. The molecule has 0 fully saturated rings. The van der Waals surface area contributed by atoms with Gasteiger partial charge in [-0.25, -0.2) is 0 Å². The highest BCUT2D eigenvalue weighted by atomic mass is 13.9. The molecule has 62 valence electrons. The molecule has 0 heterocycles. The maximum Gasteiger partial charge on any atom is -0.0161 e. The van der Waals surface area contributed by atoms with Gasteiger partial charge in [0.25, 0.3) is 0 Å². The Morgan fingerprint density at radius 3 is 2.18 bits per heavy atom. The van der Waals surface area contributed by atoms with Gasteiger partial charge in [-0.05, 0) is 34.1 Å². The minimum absolute atomic E-state index is 1.05. The van der Waals surface area contributed by atoms with Crippen LogP contribution in [0, 0.1) is 0 Å². The number of allylic oxidation sites excluding steroid dienone is 6. The van der Waals surface area contributed by atoms with Gasteiger partial charge in [-0.3, -0.25) is 0 Å². The Labute approximate surface area is 70.3 Å². The van der Waals surface area contributed by atoms with E-state index in [1.807, 2.05) is 6.92 Å². The van der Waals surface area contributed by atoms with E-state index in [2.05, 4.69) is 45.1 Å². The summed E-state index contributed by atoms with van der Waals surface area (Å²) in [5.74, 6) is 0. The first kappa shape index (κ1) is 10.2. The van der Waals surface area contributed by atoms with Crippen molar-refractivity contribution in [3.05, 3.63) is 35.5 Å². The second-order valence-corrected chi connectivity index (χ2v) is 2.97. The van der Waals surface area contributed by atoms with Crippen molar-refractivity contribution in [1.82, 2.24) is 0 Å². The number of hydrogen-bond acceptors (Lipinski definition) is 0. The van der Waals surface area contributed by atoms with Crippen LogP contribution >= 0.6 is 0 Å². The lowest BCUT2D eigenvalue weighted by atomic mass is 10.2. The summed E-state index contributed by atoms with van der Waals surface area (Å²) in [6.45, 7) is 8.41. The van der Waals surface area contributed by atoms with Gasteiger partial charge in [0, 0.05) is 0 Å². The molecule has 0 saturated carbocycles. The molecule has 0 rings (SSSR count). The van der Waals surface area contributed by atoms with Gasteiger partial charge in [0.1, 0.15) is 0 Å². The van der Waals surface area contributed by atoms with Crippen LogP contribution in [-0.2, 0) is 0 Å². The third kappa shape index (κ3) is 7.11. The van der Waals surface area contributed by atoms with Crippen LogP contribution in [0.25, 0.3) is 0 Å². The van der Waals surface area contributed by atoms with Crippen molar-refractivity contribution >= 4 is 0 Å². The van der Waals surface area contributed by atoms with Crippen LogP contribution in [-0.4, -0.2) is 0 Å². The predicted octanol–water partition coefficient (Wildman–Crippen LogP) is 3.87. The summed E-state index contributed by atoms with van der Waals surface area (Å²) in [6.07, 6.45) is 9.70. The lowest BCUT2D eigenvalue weighted by Gasteiger charge is -1.90. The summed E-state index contributed by atoms with van der Waals surface area (Å²) in [4.78, 5) is 0. The van der Waals surface area contributed by atoms with Gasteiger partial charge in [0.15, 0.2) is 0 Å². The first-order valence-corrected chi connectivity index (χ1v) is 4.09. The number of hydrogen-bond donors (Lipinski definition) is 0. The fourth-order valence-electron chi connectivity index (χ4n) is 0.811. The van der Waals surface area contributed by atoms with Crippen LogP contribution < -0.4 is 0 Å². The topological polar surface area (TPSA) is 0 Å². The molecule has 0 nitrogen and oxygen atoms in total. The molecule has 0 unspecified atom stereocenters. The Hall–Kier alpha value is -0.780. The summed E-state index contributed by atoms with van der Waals surface area (Å²) in [5.41, 5.74) is 2.72. The van der Waals surface area contributed by atoms with Crippen molar-refractivity contribution in [3.63, 3.8) is 0 Å². The van der Waals surface area contributed by atoms with E-state index in [0.717, 1.165) is 6.42 Å². The van der Waals surface area contributed by atoms with Crippen molar-refractivity contribution in [2.75, 3.05) is 0 Å². The lowest BCUT2D eigenvalue weighted by Crippen LogP contribution is -1.69. The van der Waals surface area contributed by atoms with E-state index in [4.69, 9.17) is 0 Å². The van der Waals surface area contributed by atoms with Gasteiger partial charge >= 0.3 is 0 Å². The molecule has 0 spiro atoms. The highest BCUT2D eigenvalue weighted by molar-refractivity contribution is 5.16. The Morgan fingerprint density at radius 2 is 1.73 bits per heavy atom. The first-order chi connectivity index (χ1) is 5.16. The normalized spacial score (nSPS) is 12.2. The van der Waals surface area contributed by atoms with E-state index in [-0.39, 0.29) is 0 Å². The van der Waals surface area contributed by atoms with Gasteiger partial charge in [-0.2, -0.15) is 0 Å². The van der Waals surface area contributed by atoms with E-state index in [0.29, 0.717) is 0 Å². The number of rotatable bonds is 3.